The number of carbonyl (C=O) groups is 1. The van der Waals surface area contributed by atoms with E-state index in [1.54, 1.807) is 59.0 Å². The Balaban J connectivity index is 1.56. The van der Waals surface area contributed by atoms with Gasteiger partial charge in [-0.1, -0.05) is 54.1 Å². The van der Waals surface area contributed by atoms with Crippen molar-refractivity contribution in [1.29, 1.82) is 0 Å². The van der Waals surface area contributed by atoms with Crippen molar-refractivity contribution >= 4 is 44.1 Å². The van der Waals surface area contributed by atoms with Gasteiger partial charge in [-0.15, -0.1) is 10.2 Å². The molecule has 0 atom stereocenters. The molecule has 240 valence electrons. The van der Waals surface area contributed by atoms with Crippen LogP contribution >= 0.6 is 11.6 Å². The van der Waals surface area contributed by atoms with Gasteiger partial charge < -0.3 is 4.74 Å². The number of halogens is 4. The van der Waals surface area contributed by atoms with E-state index in [1.807, 2.05) is 0 Å². The molecular formula is C35H22ClF3N4O4S. The average Bonchev–Trinajstić information content (AvgIpc) is 3.71. The van der Waals surface area contributed by atoms with E-state index in [-0.39, 0.29) is 37.6 Å². The fourth-order valence-electron chi connectivity index (χ4n) is 5.78. The number of methoxy groups -OCH3 is 1. The number of alkyl halides is 2. The fraction of sp³-hybridized carbons (Fsp3) is 0.0571. The predicted molar refractivity (Wildman–Crippen MR) is 175 cm³/mol. The predicted octanol–water partition coefficient (Wildman–Crippen LogP) is 8.44. The van der Waals surface area contributed by atoms with E-state index < -0.39 is 28.2 Å². The van der Waals surface area contributed by atoms with Crippen molar-refractivity contribution < 1.29 is 31.1 Å². The summed E-state index contributed by atoms with van der Waals surface area (Å²) >= 11 is 6.62. The van der Waals surface area contributed by atoms with Crippen LogP contribution in [0.1, 0.15) is 22.3 Å². The highest BCUT2D eigenvalue weighted by atomic mass is 35.5. The van der Waals surface area contributed by atoms with E-state index >= 15 is 4.39 Å². The summed E-state index contributed by atoms with van der Waals surface area (Å²) in [5.41, 5.74) is 3.06. The molecule has 13 heteroatoms. The topological polar surface area (TPSA) is 95.6 Å². The molecule has 0 aliphatic carbocycles. The van der Waals surface area contributed by atoms with Crippen LogP contribution in [0.3, 0.4) is 0 Å². The molecule has 7 aromatic rings. The van der Waals surface area contributed by atoms with Gasteiger partial charge in [-0.2, -0.15) is 0 Å². The molecule has 8 nitrogen and oxygen atoms in total. The minimum absolute atomic E-state index is 0.148. The van der Waals surface area contributed by atoms with Gasteiger partial charge in [0.15, 0.2) is 5.65 Å². The van der Waals surface area contributed by atoms with Gasteiger partial charge in [-0.3, -0.25) is 4.40 Å². The maximum atomic E-state index is 15.0. The summed E-state index contributed by atoms with van der Waals surface area (Å²) in [6, 6.07) is 24.9. The molecule has 0 fully saturated rings. The van der Waals surface area contributed by atoms with Crippen LogP contribution in [0.5, 0.6) is 0 Å². The van der Waals surface area contributed by atoms with Crippen LogP contribution in [-0.2, 0) is 14.8 Å². The van der Waals surface area contributed by atoms with E-state index in [9.17, 15) is 22.0 Å². The van der Waals surface area contributed by atoms with Crippen molar-refractivity contribution in [2.24, 2.45) is 0 Å². The molecule has 0 spiro atoms. The molecule has 0 saturated carbocycles. The lowest BCUT2D eigenvalue weighted by Gasteiger charge is -2.16. The first kappa shape index (κ1) is 31.2. The van der Waals surface area contributed by atoms with E-state index in [1.165, 1.54) is 31.6 Å². The number of hydrogen-bond donors (Lipinski definition) is 0. The van der Waals surface area contributed by atoms with Crippen LogP contribution in [0, 0.1) is 5.82 Å². The molecule has 0 aliphatic rings. The second kappa shape index (κ2) is 12.0. The molecule has 0 aliphatic heterocycles. The SMILES string of the molecule is COC(=O)c1ccc(-c2cccc(-c3c(-c4cccc5nncn45)c4cc(F)ccc4n3S(=O)(=O)c3ccc(C(F)F)cc3)c2)c(Cl)c1. The van der Waals surface area contributed by atoms with Crippen LogP contribution in [0.2, 0.25) is 5.02 Å². The minimum Gasteiger partial charge on any atom is -0.465 e. The van der Waals surface area contributed by atoms with Crippen molar-refractivity contribution in [3.63, 3.8) is 0 Å². The molecule has 0 bridgehead atoms. The molecule has 4 aromatic carbocycles. The second-order valence-corrected chi connectivity index (χ2v) is 13.0. The maximum Gasteiger partial charge on any atom is 0.337 e. The summed E-state index contributed by atoms with van der Waals surface area (Å²) in [6.07, 6.45) is -1.33. The fourth-order valence-corrected chi connectivity index (χ4v) is 7.61. The lowest BCUT2D eigenvalue weighted by molar-refractivity contribution is 0.0600. The molecular weight excluding hydrogens is 665 g/mol. The Labute approximate surface area is 276 Å². The van der Waals surface area contributed by atoms with E-state index in [4.69, 9.17) is 16.3 Å². The smallest absolute Gasteiger partial charge is 0.337 e. The van der Waals surface area contributed by atoms with Crippen LogP contribution < -0.4 is 0 Å². The highest BCUT2D eigenvalue weighted by Gasteiger charge is 2.30. The molecule has 48 heavy (non-hydrogen) atoms. The summed E-state index contributed by atoms with van der Waals surface area (Å²) in [5.74, 6) is -1.16. The number of pyridine rings is 1. The number of esters is 1. The zero-order valence-corrected chi connectivity index (χ0v) is 26.4. The molecule has 3 heterocycles. The highest BCUT2D eigenvalue weighted by molar-refractivity contribution is 7.90. The zero-order valence-electron chi connectivity index (χ0n) is 24.8. The molecule has 0 saturated heterocycles. The minimum atomic E-state index is -4.50. The average molecular weight is 687 g/mol. The Bertz CT molecular complexity index is 2500. The third kappa shape index (κ3) is 5.19. The van der Waals surface area contributed by atoms with Crippen molar-refractivity contribution in [2.45, 2.75) is 11.3 Å². The third-order valence-corrected chi connectivity index (χ3v) is 10.0. The number of carbonyl (C=O) groups excluding carboxylic acids is 1. The lowest BCUT2D eigenvalue weighted by atomic mass is 9.97. The van der Waals surface area contributed by atoms with E-state index in [2.05, 4.69) is 10.2 Å². The number of hydrogen-bond acceptors (Lipinski definition) is 6. The van der Waals surface area contributed by atoms with Crippen molar-refractivity contribution in [3.8, 4) is 33.6 Å². The number of fused-ring (bicyclic) bond motifs is 2. The Morgan fingerprint density at radius 1 is 0.896 bits per heavy atom. The summed E-state index contributed by atoms with van der Waals surface area (Å²) in [4.78, 5) is 11.8. The Kier molecular flexibility index (Phi) is 7.77. The number of nitrogens with zero attached hydrogens (tertiary/aromatic N) is 4. The van der Waals surface area contributed by atoms with Gasteiger partial charge in [0.1, 0.15) is 12.1 Å². The number of rotatable bonds is 7. The molecule has 0 N–H and O–H groups in total. The van der Waals surface area contributed by atoms with E-state index in [0.717, 1.165) is 34.3 Å². The van der Waals surface area contributed by atoms with Gasteiger partial charge in [0, 0.05) is 32.7 Å². The van der Waals surface area contributed by atoms with Gasteiger partial charge in [0.2, 0.25) is 0 Å². The van der Waals surface area contributed by atoms with Crippen molar-refractivity contribution in [3.05, 3.63) is 131 Å². The first-order valence-electron chi connectivity index (χ1n) is 14.3. The normalized spacial score (nSPS) is 11.9. The van der Waals surface area contributed by atoms with Crippen LogP contribution in [0.4, 0.5) is 13.2 Å². The largest absolute Gasteiger partial charge is 0.465 e. The van der Waals surface area contributed by atoms with Gasteiger partial charge in [0.05, 0.1) is 34.5 Å². The highest BCUT2D eigenvalue weighted by Crippen LogP contribution is 2.44. The standard InChI is InChI=1S/C35H22ClF3N4O4S/c1-47-35(44)23-10-14-26(28(36)17-23)21-4-2-5-22(16-21)33-32(30-6-3-7-31-41-40-19-42(30)31)27-18-24(37)11-15-29(27)43(33)48(45,46)25-12-8-20(9-13-25)34(38)39/h2-19,34H,1H3. The zero-order chi connectivity index (χ0) is 33.7. The first-order chi connectivity index (χ1) is 23.1. The lowest BCUT2D eigenvalue weighted by Crippen LogP contribution is -2.14. The number of ether oxygens (including phenoxy) is 1. The van der Waals surface area contributed by atoms with Crippen LogP contribution in [0.15, 0.2) is 114 Å². The van der Waals surface area contributed by atoms with Gasteiger partial charge in [0.25, 0.3) is 16.4 Å². The number of benzene rings is 4. The van der Waals surface area contributed by atoms with Gasteiger partial charge in [-0.05, 0) is 66.2 Å². The Morgan fingerprint density at radius 3 is 2.38 bits per heavy atom. The molecule has 0 radical (unpaired) electrons. The molecule has 0 unspecified atom stereocenters. The quantitative estimate of drug-likeness (QED) is 0.156. The van der Waals surface area contributed by atoms with E-state index in [0.29, 0.717) is 33.6 Å². The van der Waals surface area contributed by atoms with Crippen molar-refractivity contribution in [1.82, 2.24) is 18.6 Å². The summed E-state index contributed by atoms with van der Waals surface area (Å²) in [5, 5.41) is 8.65. The maximum absolute atomic E-state index is 15.0. The molecule has 0 amide bonds. The Morgan fingerprint density at radius 2 is 1.65 bits per heavy atom. The number of aromatic nitrogens is 4. The summed E-state index contributed by atoms with van der Waals surface area (Å²) in [6.45, 7) is 0. The van der Waals surface area contributed by atoms with Gasteiger partial charge in [-0.25, -0.2) is 30.4 Å². The van der Waals surface area contributed by atoms with Gasteiger partial charge >= 0.3 is 5.97 Å². The monoisotopic (exact) mass is 686 g/mol. The van der Waals surface area contributed by atoms with Crippen molar-refractivity contribution in [2.75, 3.05) is 7.11 Å². The van der Waals surface area contributed by atoms with Crippen LogP contribution in [-0.4, -0.2) is 40.1 Å². The van der Waals surface area contributed by atoms with Crippen LogP contribution in [0.25, 0.3) is 50.2 Å². The Hall–Kier alpha value is -5.46. The third-order valence-electron chi connectivity index (χ3n) is 7.98. The summed E-state index contributed by atoms with van der Waals surface area (Å²) < 4.78 is 78.5. The summed E-state index contributed by atoms with van der Waals surface area (Å²) in [7, 11) is -3.24. The molecule has 7 rings (SSSR count). The molecule has 3 aromatic heterocycles. The second-order valence-electron chi connectivity index (χ2n) is 10.8. The first-order valence-corrected chi connectivity index (χ1v) is 16.2.